The van der Waals surface area contributed by atoms with Crippen molar-refractivity contribution in [2.75, 3.05) is 13.2 Å². The van der Waals surface area contributed by atoms with Crippen molar-refractivity contribution in [1.82, 2.24) is 5.43 Å². The molecule has 0 spiro atoms. The Bertz CT molecular complexity index is 361. The first kappa shape index (κ1) is 13.5. The van der Waals surface area contributed by atoms with Gasteiger partial charge in [-0.25, -0.2) is 0 Å². The molecular weight excluding hydrogens is 224 g/mol. The van der Waals surface area contributed by atoms with E-state index in [0.717, 1.165) is 32.5 Å². The van der Waals surface area contributed by atoms with Crippen molar-refractivity contribution < 1.29 is 4.74 Å². The van der Waals surface area contributed by atoms with Gasteiger partial charge in [-0.3, -0.25) is 11.3 Å². The zero-order chi connectivity index (χ0) is 12.8. The second-order valence-electron chi connectivity index (χ2n) is 5.18. The van der Waals surface area contributed by atoms with Crippen molar-refractivity contribution in [2.45, 2.75) is 38.6 Å². The lowest BCUT2D eigenvalue weighted by Gasteiger charge is -2.20. The number of hydrogen-bond acceptors (Lipinski definition) is 3. The summed E-state index contributed by atoms with van der Waals surface area (Å²) in [6.45, 7) is 3.99. The Morgan fingerprint density at radius 2 is 2.39 bits per heavy atom. The van der Waals surface area contributed by atoms with Crippen LogP contribution in [-0.2, 0) is 11.2 Å². The fraction of sp³-hybridized carbons (Fsp3) is 0.600. The normalized spacial score (nSPS) is 21.1. The number of ether oxygens (including phenoxy) is 1. The molecule has 1 fully saturated rings. The number of hydrogen-bond donors (Lipinski definition) is 2. The average Bonchev–Trinajstić information content (AvgIpc) is 2.89. The van der Waals surface area contributed by atoms with E-state index in [1.165, 1.54) is 17.5 Å². The van der Waals surface area contributed by atoms with Gasteiger partial charge in [0.1, 0.15) is 0 Å². The second kappa shape index (κ2) is 6.88. The van der Waals surface area contributed by atoms with Crippen molar-refractivity contribution in [1.29, 1.82) is 0 Å². The van der Waals surface area contributed by atoms with Gasteiger partial charge < -0.3 is 4.74 Å². The quantitative estimate of drug-likeness (QED) is 0.601. The highest BCUT2D eigenvalue weighted by molar-refractivity contribution is 5.26. The predicted octanol–water partition coefficient (Wildman–Crippen LogP) is 2.57. The van der Waals surface area contributed by atoms with E-state index in [-0.39, 0.29) is 6.04 Å². The Morgan fingerprint density at radius 3 is 3.06 bits per heavy atom. The largest absolute Gasteiger partial charge is 0.381 e. The topological polar surface area (TPSA) is 47.3 Å². The van der Waals surface area contributed by atoms with Gasteiger partial charge in [0.15, 0.2) is 0 Å². The molecule has 0 saturated carbocycles. The van der Waals surface area contributed by atoms with Crippen molar-refractivity contribution >= 4 is 0 Å². The monoisotopic (exact) mass is 248 g/mol. The zero-order valence-electron chi connectivity index (χ0n) is 11.2. The molecule has 18 heavy (non-hydrogen) atoms. The van der Waals surface area contributed by atoms with Crippen LogP contribution in [0.2, 0.25) is 0 Å². The van der Waals surface area contributed by atoms with E-state index in [1.807, 2.05) is 0 Å². The third-order valence-corrected chi connectivity index (χ3v) is 3.69. The highest BCUT2D eigenvalue weighted by atomic mass is 16.5. The first-order chi connectivity index (χ1) is 8.83. The first-order valence-corrected chi connectivity index (χ1v) is 6.96. The van der Waals surface area contributed by atoms with Crippen molar-refractivity contribution in [3.63, 3.8) is 0 Å². The summed E-state index contributed by atoms with van der Waals surface area (Å²) in [4.78, 5) is 0. The summed E-state index contributed by atoms with van der Waals surface area (Å²) in [6, 6.07) is 9.02. The standard InChI is InChI=1S/C15H24N2O/c1-2-4-12-5-3-6-14(9-12)15(17-16)10-13-7-8-18-11-13/h3,5-6,9,13,15,17H,2,4,7-8,10-11,16H2,1H3. The average molecular weight is 248 g/mol. The SMILES string of the molecule is CCCc1cccc(C(CC2CCOC2)NN)c1. The molecule has 3 N–H and O–H groups in total. The molecule has 1 saturated heterocycles. The summed E-state index contributed by atoms with van der Waals surface area (Å²) in [5.74, 6) is 6.36. The van der Waals surface area contributed by atoms with E-state index in [4.69, 9.17) is 10.6 Å². The third-order valence-electron chi connectivity index (χ3n) is 3.69. The van der Waals surface area contributed by atoms with Gasteiger partial charge in [0.25, 0.3) is 0 Å². The summed E-state index contributed by atoms with van der Waals surface area (Å²) in [7, 11) is 0. The molecule has 0 amide bonds. The van der Waals surface area contributed by atoms with Crippen LogP contribution in [0.4, 0.5) is 0 Å². The van der Waals surface area contributed by atoms with Gasteiger partial charge in [-0.1, -0.05) is 37.6 Å². The highest BCUT2D eigenvalue weighted by Gasteiger charge is 2.21. The Balaban J connectivity index is 2.03. The summed E-state index contributed by atoms with van der Waals surface area (Å²) < 4.78 is 5.43. The minimum atomic E-state index is 0.244. The van der Waals surface area contributed by atoms with E-state index in [2.05, 4.69) is 36.6 Å². The minimum absolute atomic E-state index is 0.244. The van der Waals surface area contributed by atoms with Crippen LogP contribution in [-0.4, -0.2) is 13.2 Å². The summed E-state index contributed by atoms with van der Waals surface area (Å²) in [6.07, 6.45) is 4.54. The van der Waals surface area contributed by atoms with Gasteiger partial charge in [-0.05, 0) is 36.3 Å². The van der Waals surface area contributed by atoms with Crippen LogP contribution in [0.1, 0.15) is 43.4 Å². The molecule has 2 rings (SSSR count). The molecule has 3 nitrogen and oxygen atoms in total. The molecular formula is C15H24N2O. The number of nitrogens with two attached hydrogens (primary N) is 1. The Hall–Kier alpha value is -0.900. The molecule has 1 heterocycles. The zero-order valence-corrected chi connectivity index (χ0v) is 11.2. The van der Waals surface area contributed by atoms with E-state index < -0.39 is 0 Å². The van der Waals surface area contributed by atoms with Crippen LogP contribution in [0, 0.1) is 5.92 Å². The number of benzene rings is 1. The number of aryl methyl sites for hydroxylation is 1. The lowest BCUT2D eigenvalue weighted by molar-refractivity contribution is 0.181. The lowest BCUT2D eigenvalue weighted by atomic mass is 9.93. The van der Waals surface area contributed by atoms with Gasteiger partial charge in [-0.15, -0.1) is 0 Å². The second-order valence-corrected chi connectivity index (χ2v) is 5.18. The van der Waals surface area contributed by atoms with Crippen molar-refractivity contribution in [3.8, 4) is 0 Å². The van der Waals surface area contributed by atoms with Gasteiger partial charge in [0, 0.05) is 19.3 Å². The van der Waals surface area contributed by atoms with Crippen LogP contribution in [0.5, 0.6) is 0 Å². The number of hydrazine groups is 1. The van der Waals surface area contributed by atoms with E-state index in [1.54, 1.807) is 0 Å². The predicted molar refractivity (Wildman–Crippen MR) is 74.0 cm³/mol. The van der Waals surface area contributed by atoms with Gasteiger partial charge in [-0.2, -0.15) is 0 Å². The molecule has 1 aliphatic rings. The van der Waals surface area contributed by atoms with Crippen LogP contribution >= 0.6 is 0 Å². The Kier molecular flexibility index (Phi) is 5.17. The van der Waals surface area contributed by atoms with Crippen LogP contribution in [0.15, 0.2) is 24.3 Å². The fourth-order valence-corrected chi connectivity index (χ4v) is 2.66. The number of nitrogens with one attached hydrogen (secondary N) is 1. The van der Waals surface area contributed by atoms with Crippen LogP contribution in [0.3, 0.4) is 0 Å². The number of rotatable bonds is 6. The molecule has 1 aromatic carbocycles. The molecule has 2 unspecified atom stereocenters. The van der Waals surface area contributed by atoms with Gasteiger partial charge in [0.2, 0.25) is 0 Å². The summed E-state index contributed by atoms with van der Waals surface area (Å²) >= 11 is 0. The Morgan fingerprint density at radius 1 is 1.50 bits per heavy atom. The smallest absolute Gasteiger partial charge is 0.0495 e. The van der Waals surface area contributed by atoms with Crippen LogP contribution in [0.25, 0.3) is 0 Å². The molecule has 100 valence electrons. The maximum Gasteiger partial charge on any atom is 0.0495 e. The minimum Gasteiger partial charge on any atom is -0.381 e. The van der Waals surface area contributed by atoms with Gasteiger partial charge >= 0.3 is 0 Å². The molecule has 0 bridgehead atoms. The highest BCUT2D eigenvalue weighted by Crippen LogP contribution is 2.26. The van der Waals surface area contributed by atoms with E-state index >= 15 is 0 Å². The molecule has 1 aromatic rings. The summed E-state index contributed by atoms with van der Waals surface area (Å²) in [5, 5.41) is 0. The lowest BCUT2D eigenvalue weighted by Crippen LogP contribution is -2.30. The molecule has 0 aromatic heterocycles. The molecule has 0 aliphatic carbocycles. The summed E-state index contributed by atoms with van der Waals surface area (Å²) in [5.41, 5.74) is 5.66. The third kappa shape index (κ3) is 3.55. The van der Waals surface area contributed by atoms with Crippen LogP contribution < -0.4 is 11.3 Å². The molecule has 1 aliphatic heterocycles. The maximum atomic E-state index is 5.72. The van der Waals surface area contributed by atoms with Gasteiger partial charge in [0.05, 0.1) is 0 Å². The Labute approximate surface area is 110 Å². The first-order valence-electron chi connectivity index (χ1n) is 6.96. The van der Waals surface area contributed by atoms with E-state index in [0.29, 0.717) is 5.92 Å². The maximum absolute atomic E-state index is 5.72. The van der Waals surface area contributed by atoms with Crippen molar-refractivity contribution in [2.24, 2.45) is 11.8 Å². The fourth-order valence-electron chi connectivity index (χ4n) is 2.66. The molecule has 2 atom stereocenters. The molecule has 3 heteroatoms. The van der Waals surface area contributed by atoms with E-state index in [9.17, 15) is 0 Å². The van der Waals surface area contributed by atoms with Crippen molar-refractivity contribution in [3.05, 3.63) is 35.4 Å². The molecule has 0 radical (unpaired) electrons.